The first kappa shape index (κ1) is 15.6. The van der Waals surface area contributed by atoms with E-state index in [1.807, 2.05) is 44.3 Å². The van der Waals surface area contributed by atoms with Crippen molar-refractivity contribution in [3.05, 3.63) is 42.6 Å². The molecule has 0 amide bonds. The highest BCUT2D eigenvalue weighted by Gasteiger charge is 1.95. The standard InChI is InChI=1S/C9H7N.C5H12.C2H6/c1-2-6-9-8(4-1)5-3-7-10-9;1-5(2,3)4;1-2/h1-7H;1-4H3;1-2H3. The highest BCUT2D eigenvalue weighted by Crippen LogP contribution is 2.08. The third kappa shape index (κ3) is 8.44. The molecule has 0 atom stereocenters. The Balaban J connectivity index is 0.000000315. The van der Waals surface area contributed by atoms with Crippen LogP contribution in [0.4, 0.5) is 0 Å². The molecular formula is C16H25N. The zero-order valence-electron chi connectivity index (χ0n) is 12.0. The minimum Gasteiger partial charge on any atom is -0.256 e. The first-order valence-corrected chi connectivity index (χ1v) is 6.26. The van der Waals surface area contributed by atoms with Gasteiger partial charge in [-0.05, 0) is 17.5 Å². The van der Waals surface area contributed by atoms with Crippen molar-refractivity contribution in [1.82, 2.24) is 4.98 Å². The van der Waals surface area contributed by atoms with Crippen LogP contribution in [0, 0.1) is 5.41 Å². The largest absolute Gasteiger partial charge is 0.256 e. The molecule has 0 fully saturated rings. The highest BCUT2D eigenvalue weighted by molar-refractivity contribution is 5.77. The number of benzene rings is 1. The summed E-state index contributed by atoms with van der Waals surface area (Å²) in [6, 6.07) is 12.1. The van der Waals surface area contributed by atoms with Crippen molar-refractivity contribution in [3.8, 4) is 0 Å². The Labute approximate surface area is 106 Å². The molecule has 17 heavy (non-hydrogen) atoms. The van der Waals surface area contributed by atoms with Gasteiger partial charge in [-0.25, -0.2) is 0 Å². The molecule has 1 heterocycles. The molecule has 1 heteroatoms. The molecule has 0 N–H and O–H groups in total. The first-order valence-electron chi connectivity index (χ1n) is 6.26. The van der Waals surface area contributed by atoms with Crippen LogP contribution >= 0.6 is 0 Å². The summed E-state index contributed by atoms with van der Waals surface area (Å²) in [6.45, 7) is 12.8. The zero-order chi connectivity index (χ0) is 13.3. The van der Waals surface area contributed by atoms with E-state index < -0.39 is 0 Å². The van der Waals surface area contributed by atoms with Gasteiger partial charge in [0.05, 0.1) is 5.52 Å². The van der Waals surface area contributed by atoms with Gasteiger partial charge >= 0.3 is 0 Å². The van der Waals surface area contributed by atoms with E-state index in [1.54, 1.807) is 0 Å². The summed E-state index contributed by atoms with van der Waals surface area (Å²) < 4.78 is 0. The maximum Gasteiger partial charge on any atom is 0.0701 e. The minimum absolute atomic E-state index is 0.500. The number of aromatic nitrogens is 1. The van der Waals surface area contributed by atoms with Crippen molar-refractivity contribution in [3.63, 3.8) is 0 Å². The van der Waals surface area contributed by atoms with Crippen molar-refractivity contribution in [1.29, 1.82) is 0 Å². The molecule has 0 aliphatic rings. The van der Waals surface area contributed by atoms with Gasteiger partial charge in [0, 0.05) is 11.6 Å². The summed E-state index contributed by atoms with van der Waals surface area (Å²) in [5.74, 6) is 0. The molecule has 94 valence electrons. The van der Waals surface area contributed by atoms with Crippen molar-refractivity contribution in [2.45, 2.75) is 41.5 Å². The fourth-order valence-corrected chi connectivity index (χ4v) is 1.02. The quantitative estimate of drug-likeness (QED) is 0.598. The fourth-order valence-electron chi connectivity index (χ4n) is 1.02. The average molecular weight is 231 g/mol. The molecule has 1 nitrogen and oxygen atoms in total. The summed E-state index contributed by atoms with van der Waals surface area (Å²) in [4.78, 5) is 4.18. The van der Waals surface area contributed by atoms with Crippen molar-refractivity contribution >= 4 is 10.9 Å². The Morgan fingerprint density at radius 3 is 1.82 bits per heavy atom. The lowest BCUT2D eigenvalue weighted by Gasteiger charge is -2.05. The number of rotatable bonds is 0. The summed E-state index contributed by atoms with van der Waals surface area (Å²) >= 11 is 0. The second-order valence-electron chi connectivity index (χ2n) is 5.20. The molecule has 2 rings (SSSR count). The van der Waals surface area contributed by atoms with E-state index in [2.05, 4.69) is 44.8 Å². The Morgan fingerprint density at radius 1 is 0.824 bits per heavy atom. The SMILES string of the molecule is CC.CC(C)(C)C.c1ccc2ncccc2c1. The number of para-hydroxylation sites is 1. The van der Waals surface area contributed by atoms with Crippen LogP contribution in [0.25, 0.3) is 10.9 Å². The normalized spacial score (nSPS) is 9.76. The van der Waals surface area contributed by atoms with E-state index in [9.17, 15) is 0 Å². The molecule has 0 spiro atoms. The third-order valence-corrected chi connectivity index (χ3v) is 1.51. The number of hydrogen-bond donors (Lipinski definition) is 0. The molecule has 0 saturated heterocycles. The number of nitrogens with zero attached hydrogens (tertiary/aromatic N) is 1. The van der Waals surface area contributed by atoms with Gasteiger partial charge in [0.1, 0.15) is 0 Å². The Hall–Kier alpha value is -1.37. The van der Waals surface area contributed by atoms with Gasteiger partial charge in [-0.3, -0.25) is 4.98 Å². The van der Waals surface area contributed by atoms with Crippen molar-refractivity contribution < 1.29 is 0 Å². The van der Waals surface area contributed by atoms with Gasteiger partial charge in [0.2, 0.25) is 0 Å². The van der Waals surface area contributed by atoms with Crippen LogP contribution in [0.3, 0.4) is 0 Å². The highest BCUT2D eigenvalue weighted by atomic mass is 14.6. The molecule has 0 unspecified atom stereocenters. The lowest BCUT2D eigenvalue weighted by atomic mass is 10.0. The molecule has 0 bridgehead atoms. The lowest BCUT2D eigenvalue weighted by Crippen LogP contribution is -1.93. The van der Waals surface area contributed by atoms with Gasteiger partial charge in [-0.15, -0.1) is 0 Å². The van der Waals surface area contributed by atoms with E-state index in [0.717, 1.165) is 5.52 Å². The molecule has 0 radical (unpaired) electrons. The van der Waals surface area contributed by atoms with E-state index >= 15 is 0 Å². The van der Waals surface area contributed by atoms with E-state index in [0.29, 0.717) is 5.41 Å². The maximum absolute atomic E-state index is 4.18. The third-order valence-electron chi connectivity index (χ3n) is 1.51. The maximum atomic E-state index is 4.18. The smallest absolute Gasteiger partial charge is 0.0701 e. The van der Waals surface area contributed by atoms with Crippen LogP contribution in [-0.4, -0.2) is 4.98 Å². The van der Waals surface area contributed by atoms with Crippen LogP contribution in [0.15, 0.2) is 42.6 Å². The predicted octanol–water partition coefficient (Wildman–Crippen LogP) is 5.31. The van der Waals surface area contributed by atoms with Gasteiger partial charge in [-0.2, -0.15) is 0 Å². The Kier molecular flexibility index (Phi) is 7.20. The van der Waals surface area contributed by atoms with Crippen LogP contribution < -0.4 is 0 Å². The summed E-state index contributed by atoms with van der Waals surface area (Å²) in [6.07, 6.45) is 1.81. The molecule has 0 saturated carbocycles. The second-order valence-corrected chi connectivity index (χ2v) is 5.20. The summed E-state index contributed by atoms with van der Waals surface area (Å²) in [5, 5.41) is 1.20. The van der Waals surface area contributed by atoms with E-state index in [4.69, 9.17) is 0 Å². The monoisotopic (exact) mass is 231 g/mol. The number of pyridine rings is 1. The fraction of sp³-hybridized carbons (Fsp3) is 0.438. The minimum atomic E-state index is 0.500. The van der Waals surface area contributed by atoms with Gasteiger partial charge in [-0.1, -0.05) is 65.8 Å². The molecular weight excluding hydrogens is 206 g/mol. The molecule has 0 aliphatic heterocycles. The first-order chi connectivity index (χ1) is 7.97. The van der Waals surface area contributed by atoms with Gasteiger partial charge in [0.15, 0.2) is 0 Å². The van der Waals surface area contributed by atoms with Gasteiger partial charge < -0.3 is 0 Å². The molecule has 0 aliphatic carbocycles. The summed E-state index contributed by atoms with van der Waals surface area (Å²) in [5.41, 5.74) is 1.56. The number of fused-ring (bicyclic) bond motifs is 1. The molecule has 1 aromatic carbocycles. The molecule has 2 aromatic rings. The van der Waals surface area contributed by atoms with Crippen LogP contribution in [0.5, 0.6) is 0 Å². The van der Waals surface area contributed by atoms with Gasteiger partial charge in [0.25, 0.3) is 0 Å². The Bertz CT molecular complexity index is 342. The van der Waals surface area contributed by atoms with Crippen molar-refractivity contribution in [2.24, 2.45) is 5.41 Å². The number of hydrogen-bond acceptors (Lipinski definition) is 1. The Morgan fingerprint density at radius 2 is 1.29 bits per heavy atom. The van der Waals surface area contributed by atoms with Crippen LogP contribution in [0.2, 0.25) is 0 Å². The van der Waals surface area contributed by atoms with Crippen LogP contribution in [0.1, 0.15) is 41.5 Å². The molecule has 1 aromatic heterocycles. The zero-order valence-corrected chi connectivity index (χ0v) is 12.0. The van der Waals surface area contributed by atoms with E-state index in [1.165, 1.54) is 5.39 Å². The van der Waals surface area contributed by atoms with Crippen LogP contribution in [-0.2, 0) is 0 Å². The predicted molar refractivity (Wildman–Crippen MR) is 78.2 cm³/mol. The topological polar surface area (TPSA) is 12.9 Å². The average Bonchev–Trinajstić information content (AvgIpc) is 2.30. The van der Waals surface area contributed by atoms with Crippen molar-refractivity contribution in [2.75, 3.05) is 0 Å². The second kappa shape index (κ2) is 7.83. The lowest BCUT2D eigenvalue weighted by molar-refractivity contribution is 0.469. The van der Waals surface area contributed by atoms with E-state index in [-0.39, 0.29) is 0 Å². The summed E-state index contributed by atoms with van der Waals surface area (Å²) in [7, 11) is 0.